The molecule has 4 nitrogen and oxygen atoms in total. The normalized spacial score (nSPS) is 9.69. The van der Waals surface area contributed by atoms with E-state index in [0.717, 1.165) is 17.1 Å². The van der Waals surface area contributed by atoms with E-state index in [4.69, 9.17) is 9.47 Å². The first-order valence-corrected chi connectivity index (χ1v) is 5.12. The van der Waals surface area contributed by atoms with Gasteiger partial charge in [0.05, 0.1) is 14.2 Å². The van der Waals surface area contributed by atoms with Crippen molar-refractivity contribution in [3.05, 3.63) is 23.8 Å². The van der Waals surface area contributed by atoms with Gasteiger partial charge in [-0.05, 0) is 24.1 Å². The van der Waals surface area contributed by atoms with Crippen LogP contribution in [0, 0.1) is 0 Å². The highest BCUT2D eigenvalue weighted by Gasteiger charge is 2.04. The molecule has 4 heteroatoms. The number of rotatable bonds is 5. The molecule has 1 N–H and O–H groups in total. The summed E-state index contributed by atoms with van der Waals surface area (Å²) in [6.07, 6.45) is 1.14. The summed E-state index contributed by atoms with van der Waals surface area (Å²) < 4.78 is 10.3. The Morgan fingerprint density at radius 3 is 2.19 bits per heavy atom. The number of hydrogen-bond donors (Lipinski definition) is 1. The van der Waals surface area contributed by atoms with E-state index in [2.05, 4.69) is 5.32 Å². The third kappa shape index (κ3) is 3.46. The highest BCUT2D eigenvalue weighted by Crippen LogP contribution is 2.23. The number of carbonyl (C=O) groups excluding carboxylic acids is 1. The second-order valence-corrected chi connectivity index (χ2v) is 3.39. The fourth-order valence-electron chi connectivity index (χ4n) is 1.39. The zero-order valence-electron chi connectivity index (χ0n) is 9.87. The fraction of sp³-hybridized carbons (Fsp3) is 0.417. The van der Waals surface area contributed by atoms with Gasteiger partial charge in [-0.15, -0.1) is 0 Å². The molecule has 0 saturated heterocycles. The van der Waals surface area contributed by atoms with Crippen LogP contribution in [0.3, 0.4) is 0 Å². The number of benzene rings is 1. The average molecular weight is 223 g/mol. The van der Waals surface area contributed by atoms with E-state index in [0.29, 0.717) is 12.8 Å². The zero-order valence-corrected chi connectivity index (χ0v) is 9.87. The third-order valence-corrected chi connectivity index (χ3v) is 2.33. The SMILES string of the molecule is CNC(=O)CCc1cc(OC)cc(OC)c1. The van der Waals surface area contributed by atoms with E-state index in [9.17, 15) is 4.79 Å². The van der Waals surface area contributed by atoms with Gasteiger partial charge in [-0.3, -0.25) is 4.79 Å². The second kappa shape index (κ2) is 6.00. The highest BCUT2D eigenvalue weighted by molar-refractivity contribution is 5.75. The number of nitrogens with one attached hydrogen (secondary N) is 1. The minimum Gasteiger partial charge on any atom is -0.497 e. The van der Waals surface area contributed by atoms with Gasteiger partial charge in [0.2, 0.25) is 5.91 Å². The molecular formula is C12H17NO3. The van der Waals surface area contributed by atoms with E-state index in [1.54, 1.807) is 21.3 Å². The molecule has 1 aromatic rings. The Morgan fingerprint density at radius 2 is 1.75 bits per heavy atom. The Hall–Kier alpha value is -1.71. The molecule has 88 valence electrons. The third-order valence-electron chi connectivity index (χ3n) is 2.33. The summed E-state index contributed by atoms with van der Waals surface area (Å²) in [7, 11) is 4.85. The Balaban J connectivity index is 2.74. The maximum absolute atomic E-state index is 11.1. The molecular weight excluding hydrogens is 206 g/mol. The van der Waals surface area contributed by atoms with Crippen LogP contribution < -0.4 is 14.8 Å². The summed E-state index contributed by atoms with van der Waals surface area (Å²) in [4.78, 5) is 11.1. The Labute approximate surface area is 95.6 Å². The van der Waals surface area contributed by atoms with E-state index >= 15 is 0 Å². The lowest BCUT2D eigenvalue weighted by Gasteiger charge is -2.08. The van der Waals surface area contributed by atoms with Gasteiger partial charge >= 0.3 is 0 Å². The van der Waals surface area contributed by atoms with Crippen molar-refractivity contribution in [2.45, 2.75) is 12.8 Å². The molecule has 0 heterocycles. The van der Waals surface area contributed by atoms with Crippen molar-refractivity contribution in [2.24, 2.45) is 0 Å². The van der Waals surface area contributed by atoms with Crippen LogP contribution in [0.4, 0.5) is 0 Å². The highest BCUT2D eigenvalue weighted by atomic mass is 16.5. The molecule has 0 bridgehead atoms. The molecule has 0 aliphatic carbocycles. The van der Waals surface area contributed by atoms with Crippen LogP contribution in [-0.2, 0) is 11.2 Å². The number of ether oxygens (including phenoxy) is 2. The maximum atomic E-state index is 11.1. The standard InChI is InChI=1S/C12H17NO3/c1-13-12(14)5-4-9-6-10(15-2)8-11(7-9)16-3/h6-8H,4-5H2,1-3H3,(H,13,14). The van der Waals surface area contributed by atoms with Gasteiger partial charge in [0.15, 0.2) is 0 Å². The Bertz CT molecular complexity index is 341. The monoisotopic (exact) mass is 223 g/mol. The minimum atomic E-state index is 0.0294. The van der Waals surface area contributed by atoms with Crippen molar-refractivity contribution in [3.8, 4) is 11.5 Å². The lowest BCUT2D eigenvalue weighted by molar-refractivity contribution is -0.120. The molecule has 1 rings (SSSR count). The largest absolute Gasteiger partial charge is 0.497 e. The summed E-state index contributed by atoms with van der Waals surface area (Å²) >= 11 is 0. The van der Waals surface area contributed by atoms with E-state index in [-0.39, 0.29) is 5.91 Å². The van der Waals surface area contributed by atoms with E-state index in [1.807, 2.05) is 18.2 Å². The van der Waals surface area contributed by atoms with Gasteiger partial charge in [-0.2, -0.15) is 0 Å². The predicted molar refractivity (Wildman–Crippen MR) is 61.9 cm³/mol. The first-order valence-electron chi connectivity index (χ1n) is 5.12. The average Bonchev–Trinajstić information content (AvgIpc) is 2.35. The smallest absolute Gasteiger partial charge is 0.220 e. The first kappa shape index (κ1) is 12.4. The van der Waals surface area contributed by atoms with Crippen molar-refractivity contribution in [3.63, 3.8) is 0 Å². The maximum Gasteiger partial charge on any atom is 0.220 e. The number of aryl methyl sites for hydroxylation is 1. The van der Waals surface area contributed by atoms with Crippen LogP contribution in [0.15, 0.2) is 18.2 Å². The topological polar surface area (TPSA) is 47.6 Å². The van der Waals surface area contributed by atoms with E-state index in [1.165, 1.54) is 0 Å². The van der Waals surface area contributed by atoms with E-state index < -0.39 is 0 Å². The number of amides is 1. The van der Waals surface area contributed by atoms with Crippen LogP contribution >= 0.6 is 0 Å². The predicted octanol–water partition coefficient (Wildman–Crippen LogP) is 1.38. The van der Waals surface area contributed by atoms with Crippen molar-refractivity contribution in [1.29, 1.82) is 0 Å². The van der Waals surface area contributed by atoms with Crippen molar-refractivity contribution >= 4 is 5.91 Å². The van der Waals surface area contributed by atoms with Crippen LogP contribution in [-0.4, -0.2) is 27.2 Å². The molecule has 1 amide bonds. The molecule has 0 saturated carbocycles. The Morgan fingerprint density at radius 1 is 1.19 bits per heavy atom. The molecule has 0 unspecified atom stereocenters. The second-order valence-electron chi connectivity index (χ2n) is 3.39. The van der Waals surface area contributed by atoms with Crippen LogP contribution in [0.25, 0.3) is 0 Å². The lowest BCUT2D eigenvalue weighted by atomic mass is 10.1. The molecule has 0 spiro atoms. The summed E-state index contributed by atoms with van der Waals surface area (Å²) in [6.45, 7) is 0. The molecule has 0 atom stereocenters. The van der Waals surface area contributed by atoms with Crippen LogP contribution in [0.5, 0.6) is 11.5 Å². The van der Waals surface area contributed by atoms with Crippen LogP contribution in [0.1, 0.15) is 12.0 Å². The van der Waals surface area contributed by atoms with Crippen LogP contribution in [0.2, 0.25) is 0 Å². The number of carbonyl (C=O) groups is 1. The van der Waals surface area contributed by atoms with Gasteiger partial charge in [0, 0.05) is 19.5 Å². The summed E-state index contributed by atoms with van der Waals surface area (Å²) in [5, 5.41) is 2.59. The number of methoxy groups -OCH3 is 2. The fourth-order valence-corrected chi connectivity index (χ4v) is 1.39. The Kier molecular flexibility index (Phi) is 4.64. The van der Waals surface area contributed by atoms with Crippen molar-refractivity contribution in [1.82, 2.24) is 5.32 Å². The molecule has 16 heavy (non-hydrogen) atoms. The summed E-state index contributed by atoms with van der Waals surface area (Å²) in [6, 6.07) is 5.63. The van der Waals surface area contributed by atoms with Crippen molar-refractivity contribution in [2.75, 3.05) is 21.3 Å². The molecule has 1 aromatic carbocycles. The molecule has 0 aliphatic rings. The molecule has 0 aromatic heterocycles. The quantitative estimate of drug-likeness (QED) is 0.820. The lowest BCUT2D eigenvalue weighted by Crippen LogP contribution is -2.17. The first-order chi connectivity index (χ1) is 7.69. The van der Waals surface area contributed by atoms with Gasteiger partial charge in [-0.1, -0.05) is 0 Å². The molecule has 0 aliphatic heterocycles. The van der Waals surface area contributed by atoms with Crippen molar-refractivity contribution < 1.29 is 14.3 Å². The molecule has 0 radical (unpaired) electrons. The van der Waals surface area contributed by atoms with Gasteiger partial charge in [-0.25, -0.2) is 0 Å². The van der Waals surface area contributed by atoms with Gasteiger partial charge in [0.1, 0.15) is 11.5 Å². The summed E-state index contributed by atoms with van der Waals surface area (Å²) in [5.74, 6) is 1.51. The minimum absolute atomic E-state index is 0.0294. The summed E-state index contributed by atoms with van der Waals surface area (Å²) in [5.41, 5.74) is 1.03. The molecule has 0 fully saturated rings. The van der Waals surface area contributed by atoms with Gasteiger partial charge < -0.3 is 14.8 Å². The van der Waals surface area contributed by atoms with Gasteiger partial charge in [0.25, 0.3) is 0 Å². The number of hydrogen-bond acceptors (Lipinski definition) is 3. The zero-order chi connectivity index (χ0) is 12.0.